The van der Waals surface area contributed by atoms with Crippen LogP contribution < -0.4 is 10.1 Å². The van der Waals surface area contributed by atoms with Crippen LogP contribution in [0.5, 0.6) is 5.75 Å². The summed E-state index contributed by atoms with van der Waals surface area (Å²) in [7, 11) is 0. The standard InChI is InChI=1S/C17H29NO/c1-13(2)6-9-15(4)18-16(5)12-19-17-10-7-14(3)8-11-17/h7-8,10-11,13,15-16,18H,6,9,12H2,1-5H3. The van der Waals surface area contributed by atoms with Crippen LogP contribution in [0.25, 0.3) is 0 Å². The lowest BCUT2D eigenvalue weighted by atomic mass is 10.0. The predicted molar refractivity (Wildman–Crippen MR) is 82.8 cm³/mol. The van der Waals surface area contributed by atoms with E-state index in [0.29, 0.717) is 12.1 Å². The predicted octanol–water partition coefficient (Wildman–Crippen LogP) is 4.18. The number of hydrogen-bond acceptors (Lipinski definition) is 2. The number of rotatable bonds is 8. The Morgan fingerprint density at radius 3 is 2.16 bits per heavy atom. The highest BCUT2D eigenvalue weighted by Crippen LogP contribution is 2.12. The maximum Gasteiger partial charge on any atom is 0.119 e. The molecule has 0 amide bonds. The maximum absolute atomic E-state index is 5.79. The second-order valence-electron chi connectivity index (χ2n) is 6.06. The van der Waals surface area contributed by atoms with Crippen LogP contribution in [0, 0.1) is 12.8 Å². The Morgan fingerprint density at radius 1 is 0.947 bits per heavy atom. The van der Waals surface area contributed by atoms with Gasteiger partial charge in [-0.25, -0.2) is 0 Å². The summed E-state index contributed by atoms with van der Waals surface area (Å²) in [5.74, 6) is 1.73. The second-order valence-corrected chi connectivity index (χ2v) is 6.06. The third-order valence-corrected chi connectivity index (χ3v) is 3.27. The van der Waals surface area contributed by atoms with Crippen LogP contribution >= 0.6 is 0 Å². The van der Waals surface area contributed by atoms with E-state index < -0.39 is 0 Å². The first-order valence-corrected chi connectivity index (χ1v) is 7.43. The number of benzene rings is 1. The minimum Gasteiger partial charge on any atom is -0.492 e. The van der Waals surface area contributed by atoms with Crippen molar-refractivity contribution in [2.75, 3.05) is 6.61 Å². The van der Waals surface area contributed by atoms with Crippen LogP contribution in [-0.4, -0.2) is 18.7 Å². The Balaban J connectivity index is 2.23. The molecule has 0 aliphatic carbocycles. The van der Waals surface area contributed by atoms with Crippen molar-refractivity contribution in [1.82, 2.24) is 5.32 Å². The molecule has 0 aliphatic heterocycles. The van der Waals surface area contributed by atoms with Crippen molar-refractivity contribution in [3.05, 3.63) is 29.8 Å². The number of nitrogens with one attached hydrogen (secondary N) is 1. The SMILES string of the molecule is Cc1ccc(OCC(C)NC(C)CCC(C)C)cc1. The van der Waals surface area contributed by atoms with E-state index in [-0.39, 0.29) is 0 Å². The molecule has 0 spiro atoms. The van der Waals surface area contributed by atoms with E-state index in [1.807, 2.05) is 12.1 Å². The summed E-state index contributed by atoms with van der Waals surface area (Å²) in [6, 6.07) is 9.16. The molecule has 1 N–H and O–H groups in total. The second kappa shape index (κ2) is 8.21. The van der Waals surface area contributed by atoms with Crippen molar-refractivity contribution in [2.45, 2.75) is 59.5 Å². The maximum atomic E-state index is 5.79. The van der Waals surface area contributed by atoms with E-state index >= 15 is 0 Å². The number of hydrogen-bond donors (Lipinski definition) is 1. The first kappa shape index (κ1) is 16.0. The minimum atomic E-state index is 0.378. The third-order valence-electron chi connectivity index (χ3n) is 3.27. The summed E-state index contributed by atoms with van der Waals surface area (Å²) >= 11 is 0. The zero-order valence-corrected chi connectivity index (χ0v) is 13.1. The van der Waals surface area contributed by atoms with E-state index in [1.165, 1.54) is 18.4 Å². The monoisotopic (exact) mass is 263 g/mol. The zero-order chi connectivity index (χ0) is 14.3. The first-order valence-electron chi connectivity index (χ1n) is 7.43. The van der Waals surface area contributed by atoms with Gasteiger partial charge in [0.2, 0.25) is 0 Å². The molecule has 0 bridgehead atoms. The quantitative estimate of drug-likeness (QED) is 0.760. The molecule has 1 aromatic carbocycles. The normalized spacial score (nSPS) is 14.4. The van der Waals surface area contributed by atoms with Crippen LogP contribution in [0.15, 0.2) is 24.3 Å². The summed E-state index contributed by atoms with van der Waals surface area (Å²) in [5.41, 5.74) is 1.26. The highest BCUT2D eigenvalue weighted by Gasteiger charge is 2.08. The molecule has 0 saturated carbocycles. The molecule has 2 heteroatoms. The van der Waals surface area contributed by atoms with Gasteiger partial charge in [-0.15, -0.1) is 0 Å². The van der Waals surface area contributed by atoms with Gasteiger partial charge in [0.25, 0.3) is 0 Å². The Morgan fingerprint density at radius 2 is 1.58 bits per heavy atom. The molecule has 2 unspecified atom stereocenters. The Bertz CT molecular complexity index is 345. The molecule has 1 rings (SSSR count). The van der Waals surface area contributed by atoms with Gasteiger partial charge in [0, 0.05) is 12.1 Å². The lowest BCUT2D eigenvalue weighted by molar-refractivity contribution is 0.259. The first-order chi connectivity index (χ1) is 8.97. The average molecular weight is 263 g/mol. The summed E-state index contributed by atoms with van der Waals surface area (Å²) in [4.78, 5) is 0. The van der Waals surface area contributed by atoms with Gasteiger partial charge in [0.15, 0.2) is 0 Å². The van der Waals surface area contributed by atoms with Gasteiger partial charge in [-0.1, -0.05) is 31.5 Å². The highest BCUT2D eigenvalue weighted by molar-refractivity contribution is 5.26. The fourth-order valence-electron chi connectivity index (χ4n) is 2.06. The molecule has 2 atom stereocenters. The summed E-state index contributed by atoms with van der Waals surface area (Å²) in [5, 5.41) is 3.59. The smallest absolute Gasteiger partial charge is 0.119 e. The number of aryl methyl sites for hydroxylation is 1. The zero-order valence-electron chi connectivity index (χ0n) is 13.1. The van der Waals surface area contributed by atoms with Crippen molar-refractivity contribution in [3.8, 4) is 5.75 Å². The molecule has 0 heterocycles. The van der Waals surface area contributed by atoms with Gasteiger partial charge in [0.1, 0.15) is 12.4 Å². The average Bonchev–Trinajstić information content (AvgIpc) is 2.36. The van der Waals surface area contributed by atoms with Crippen LogP contribution in [-0.2, 0) is 0 Å². The van der Waals surface area contributed by atoms with Crippen LogP contribution in [0.2, 0.25) is 0 Å². The Hall–Kier alpha value is -1.02. The van der Waals surface area contributed by atoms with Crippen LogP contribution in [0.1, 0.15) is 46.1 Å². The molecule has 1 aromatic rings. The number of ether oxygens (including phenoxy) is 1. The molecule has 0 aliphatic rings. The van der Waals surface area contributed by atoms with Crippen molar-refractivity contribution in [2.24, 2.45) is 5.92 Å². The molecule has 0 aromatic heterocycles. The minimum absolute atomic E-state index is 0.378. The fourth-order valence-corrected chi connectivity index (χ4v) is 2.06. The summed E-state index contributed by atoms with van der Waals surface area (Å²) in [6.07, 6.45) is 2.51. The van der Waals surface area contributed by atoms with Crippen molar-refractivity contribution >= 4 is 0 Å². The van der Waals surface area contributed by atoms with Gasteiger partial charge < -0.3 is 10.1 Å². The van der Waals surface area contributed by atoms with E-state index in [9.17, 15) is 0 Å². The molecule has 2 nitrogen and oxygen atoms in total. The van der Waals surface area contributed by atoms with Crippen LogP contribution in [0.4, 0.5) is 0 Å². The Labute approximate surface area is 118 Å². The molecule has 108 valence electrons. The van der Waals surface area contributed by atoms with Gasteiger partial charge in [0.05, 0.1) is 0 Å². The van der Waals surface area contributed by atoms with E-state index in [0.717, 1.165) is 18.3 Å². The lowest BCUT2D eigenvalue weighted by Crippen LogP contribution is -2.38. The molecule has 19 heavy (non-hydrogen) atoms. The van der Waals surface area contributed by atoms with Gasteiger partial charge in [-0.05, 0) is 51.7 Å². The summed E-state index contributed by atoms with van der Waals surface area (Å²) in [6.45, 7) is 11.8. The van der Waals surface area contributed by atoms with E-state index in [1.54, 1.807) is 0 Å². The molecule has 0 fully saturated rings. The highest BCUT2D eigenvalue weighted by atomic mass is 16.5. The topological polar surface area (TPSA) is 21.3 Å². The fraction of sp³-hybridized carbons (Fsp3) is 0.647. The van der Waals surface area contributed by atoms with E-state index in [4.69, 9.17) is 4.74 Å². The van der Waals surface area contributed by atoms with Gasteiger partial charge >= 0.3 is 0 Å². The van der Waals surface area contributed by atoms with Crippen molar-refractivity contribution in [3.63, 3.8) is 0 Å². The molecular weight excluding hydrogens is 234 g/mol. The lowest BCUT2D eigenvalue weighted by Gasteiger charge is -2.21. The van der Waals surface area contributed by atoms with Crippen molar-refractivity contribution in [1.29, 1.82) is 0 Å². The van der Waals surface area contributed by atoms with Crippen LogP contribution in [0.3, 0.4) is 0 Å². The molecule has 0 saturated heterocycles. The molecular formula is C17H29NO. The van der Waals surface area contributed by atoms with E-state index in [2.05, 4.69) is 52.1 Å². The van der Waals surface area contributed by atoms with Gasteiger partial charge in [-0.3, -0.25) is 0 Å². The third kappa shape index (κ3) is 7.22. The van der Waals surface area contributed by atoms with Gasteiger partial charge in [-0.2, -0.15) is 0 Å². The molecule has 0 radical (unpaired) electrons. The Kier molecular flexibility index (Phi) is 6.93. The van der Waals surface area contributed by atoms with Crippen molar-refractivity contribution < 1.29 is 4.74 Å². The largest absolute Gasteiger partial charge is 0.492 e. The summed E-state index contributed by atoms with van der Waals surface area (Å²) < 4.78 is 5.79.